The first-order chi connectivity index (χ1) is 18.5. The molecule has 0 spiro atoms. The number of hydrogen-bond donors (Lipinski definition) is 3. The molecule has 0 radical (unpaired) electrons. The van der Waals surface area contributed by atoms with Crippen LogP contribution in [0.2, 0.25) is 0 Å². The van der Waals surface area contributed by atoms with Crippen molar-refractivity contribution >= 4 is 23.3 Å². The van der Waals surface area contributed by atoms with Crippen molar-refractivity contribution in [2.75, 3.05) is 57.8 Å². The summed E-state index contributed by atoms with van der Waals surface area (Å²) in [6.07, 6.45) is 1.63. The van der Waals surface area contributed by atoms with Gasteiger partial charge in [0.2, 0.25) is 6.29 Å². The maximum Gasteiger partial charge on any atom is 0.337 e. The van der Waals surface area contributed by atoms with Gasteiger partial charge in [-0.2, -0.15) is 0 Å². The predicted molar refractivity (Wildman–Crippen MR) is 141 cm³/mol. The van der Waals surface area contributed by atoms with Crippen LogP contribution in [0.25, 0.3) is 0 Å². The number of nitrogens with one attached hydrogen (secondary N) is 1. The van der Waals surface area contributed by atoms with Crippen LogP contribution in [0.1, 0.15) is 35.2 Å². The number of nitrogens with two attached hydrogens (primary N) is 1. The standard InChI is InChI=1S/C28H36N2O8/c1-3-37-28-21(12-14-35-16-17-36-15-13-31)22(19-8-10-20(11-9-19)27(33)34-2)18-25(38-28)26(32)30-24-7-5-4-6-23(24)29/h4-11,18,21-22,28,31H,3,12-17,29H2,1-2H3,(H,30,32)/t21-,22+,28+/m0/s1. The van der Waals surface area contributed by atoms with Crippen LogP contribution in [0, 0.1) is 5.92 Å². The molecule has 3 rings (SSSR count). The number of amides is 1. The van der Waals surface area contributed by atoms with Crippen molar-refractivity contribution in [3.63, 3.8) is 0 Å². The Balaban J connectivity index is 1.85. The summed E-state index contributed by atoms with van der Waals surface area (Å²) in [5.41, 5.74) is 8.22. The van der Waals surface area contributed by atoms with Crippen LogP contribution in [0.3, 0.4) is 0 Å². The van der Waals surface area contributed by atoms with Gasteiger partial charge in [0.25, 0.3) is 5.91 Å². The number of ether oxygens (including phenoxy) is 5. The Morgan fingerprint density at radius 2 is 1.74 bits per heavy atom. The number of para-hydroxylation sites is 2. The van der Waals surface area contributed by atoms with Crippen molar-refractivity contribution in [1.82, 2.24) is 0 Å². The van der Waals surface area contributed by atoms with E-state index in [1.807, 2.05) is 19.1 Å². The van der Waals surface area contributed by atoms with E-state index in [-0.39, 0.29) is 30.8 Å². The first-order valence-corrected chi connectivity index (χ1v) is 12.6. The van der Waals surface area contributed by atoms with Crippen LogP contribution < -0.4 is 11.1 Å². The molecule has 0 bridgehead atoms. The summed E-state index contributed by atoms with van der Waals surface area (Å²) in [5, 5.41) is 11.6. The van der Waals surface area contributed by atoms with Crippen molar-refractivity contribution in [3.8, 4) is 0 Å². The second kappa shape index (κ2) is 15.1. The first-order valence-electron chi connectivity index (χ1n) is 12.6. The molecule has 1 aliphatic heterocycles. The maximum absolute atomic E-state index is 13.2. The Labute approximate surface area is 222 Å². The molecule has 10 heteroatoms. The molecule has 0 unspecified atom stereocenters. The third-order valence-electron chi connectivity index (χ3n) is 6.07. The molecule has 0 aromatic heterocycles. The zero-order valence-electron chi connectivity index (χ0n) is 21.8. The number of aliphatic hydroxyl groups is 1. The lowest BCUT2D eigenvalue weighted by Gasteiger charge is -2.37. The largest absolute Gasteiger partial charge is 0.465 e. The van der Waals surface area contributed by atoms with Crippen LogP contribution in [0.5, 0.6) is 0 Å². The van der Waals surface area contributed by atoms with E-state index in [0.717, 1.165) is 5.56 Å². The van der Waals surface area contributed by atoms with Gasteiger partial charge in [-0.25, -0.2) is 4.79 Å². The number of carbonyl (C=O) groups is 2. The maximum atomic E-state index is 13.2. The Morgan fingerprint density at radius 1 is 1.03 bits per heavy atom. The quantitative estimate of drug-likeness (QED) is 0.192. The smallest absolute Gasteiger partial charge is 0.337 e. The summed E-state index contributed by atoms with van der Waals surface area (Å²) in [6, 6.07) is 14.0. The lowest BCUT2D eigenvalue weighted by Crippen LogP contribution is -2.38. The van der Waals surface area contributed by atoms with Gasteiger partial charge in [0.15, 0.2) is 5.76 Å². The highest BCUT2D eigenvalue weighted by Gasteiger charge is 2.38. The summed E-state index contributed by atoms with van der Waals surface area (Å²) in [6.45, 7) is 3.64. The number of allylic oxidation sites excluding steroid dienone is 1. The highest BCUT2D eigenvalue weighted by Crippen LogP contribution is 2.39. The Kier molecular flexibility index (Phi) is 11.6. The number of anilines is 2. The minimum Gasteiger partial charge on any atom is -0.465 e. The third-order valence-corrected chi connectivity index (χ3v) is 6.07. The lowest BCUT2D eigenvalue weighted by molar-refractivity contribution is -0.166. The molecular formula is C28H36N2O8. The Morgan fingerprint density at radius 3 is 2.39 bits per heavy atom. The summed E-state index contributed by atoms with van der Waals surface area (Å²) in [5.74, 6) is -1.21. The molecule has 0 aliphatic carbocycles. The molecule has 1 aliphatic rings. The normalized spacial score (nSPS) is 18.8. The van der Waals surface area contributed by atoms with E-state index in [4.69, 9.17) is 34.5 Å². The van der Waals surface area contributed by atoms with Gasteiger partial charge in [0, 0.05) is 25.0 Å². The van der Waals surface area contributed by atoms with Gasteiger partial charge in [-0.1, -0.05) is 24.3 Å². The summed E-state index contributed by atoms with van der Waals surface area (Å²) in [4.78, 5) is 25.1. The molecule has 3 atom stereocenters. The van der Waals surface area contributed by atoms with E-state index in [9.17, 15) is 9.59 Å². The fraction of sp³-hybridized carbons (Fsp3) is 0.429. The fourth-order valence-electron chi connectivity index (χ4n) is 4.18. The zero-order chi connectivity index (χ0) is 27.3. The van der Waals surface area contributed by atoms with Crippen LogP contribution in [-0.2, 0) is 28.5 Å². The van der Waals surface area contributed by atoms with Gasteiger partial charge in [-0.05, 0) is 49.2 Å². The number of hydrogen-bond acceptors (Lipinski definition) is 9. The molecule has 2 aromatic carbocycles. The highest BCUT2D eigenvalue weighted by molar-refractivity contribution is 6.04. The monoisotopic (exact) mass is 528 g/mol. The second-order valence-electron chi connectivity index (χ2n) is 8.55. The number of nitrogen functional groups attached to an aromatic ring is 1. The second-order valence-corrected chi connectivity index (χ2v) is 8.55. The van der Waals surface area contributed by atoms with Crippen molar-refractivity contribution in [2.45, 2.75) is 25.6 Å². The van der Waals surface area contributed by atoms with Crippen molar-refractivity contribution in [3.05, 3.63) is 71.5 Å². The number of esters is 1. The minimum absolute atomic E-state index is 0.0367. The van der Waals surface area contributed by atoms with Crippen LogP contribution >= 0.6 is 0 Å². The molecule has 38 heavy (non-hydrogen) atoms. The van der Waals surface area contributed by atoms with E-state index >= 15 is 0 Å². The molecule has 1 amide bonds. The van der Waals surface area contributed by atoms with E-state index in [0.29, 0.717) is 49.8 Å². The molecule has 4 N–H and O–H groups in total. The molecule has 0 saturated carbocycles. The highest BCUT2D eigenvalue weighted by atomic mass is 16.7. The molecule has 0 fully saturated rings. The average molecular weight is 529 g/mol. The van der Waals surface area contributed by atoms with Gasteiger partial charge in [-0.15, -0.1) is 0 Å². The van der Waals surface area contributed by atoms with E-state index in [1.54, 1.807) is 42.5 Å². The summed E-state index contributed by atoms with van der Waals surface area (Å²) >= 11 is 0. The van der Waals surface area contributed by atoms with Gasteiger partial charge in [0.1, 0.15) is 0 Å². The van der Waals surface area contributed by atoms with Crippen LogP contribution in [0.15, 0.2) is 60.4 Å². The van der Waals surface area contributed by atoms with Crippen molar-refractivity contribution in [2.24, 2.45) is 5.92 Å². The van der Waals surface area contributed by atoms with Crippen LogP contribution in [-0.4, -0.2) is 70.0 Å². The predicted octanol–water partition coefficient (Wildman–Crippen LogP) is 3.09. The number of aliphatic hydroxyl groups excluding tert-OH is 1. The zero-order valence-corrected chi connectivity index (χ0v) is 21.8. The molecule has 10 nitrogen and oxygen atoms in total. The number of rotatable bonds is 14. The van der Waals surface area contributed by atoms with Gasteiger partial charge < -0.3 is 39.8 Å². The SMILES string of the molecule is CCO[C@@H]1OC(C(=O)Nc2ccccc2N)=C[C@H](c2ccc(C(=O)OC)cc2)[C@@H]1CCOCCOCCO. The number of methoxy groups -OCH3 is 1. The third kappa shape index (κ3) is 8.03. The first kappa shape index (κ1) is 29.1. The Hall–Kier alpha value is -3.44. The minimum atomic E-state index is -0.710. The molecular weight excluding hydrogens is 492 g/mol. The van der Waals surface area contributed by atoms with Crippen molar-refractivity contribution < 1.29 is 38.4 Å². The topological polar surface area (TPSA) is 139 Å². The molecule has 206 valence electrons. The number of benzene rings is 2. The summed E-state index contributed by atoms with van der Waals surface area (Å²) < 4.78 is 27.8. The summed E-state index contributed by atoms with van der Waals surface area (Å²) in [7, 11) is 1.33. The van der Waals surface area contributed by atoms with E-state index < -0.39 is 18.2 Å². The molecule has 0 saturated heterocycles. The van der Waals surface area contributed by atoms with Gasteiger partial charge in [0.05, 0.1) is 50.5 Å². The van der Waals surface area contributed by atoms with Crippen molar-refractivity contribution in [1.29, 1.82) is 0 Å². The van der Waals surface area contributed by atoms with Gasteiger partial charge >= 0.3 is 5.97 Å². The van der Waals surface area contributed by atoms with E-state index in [2.05, 4.69) is 5.32 Å². The van der Waals surface area contributed by atoms with Gasteiger partial charge in [-0.3, -0.25) is 4.79 Å². The number of carbonyl (C=O) groups excluding carboxylic acids is 2. The molecule has 2 aromatic rings. The van der Waals surface area contributed by atoms with Crippen LogP contribution in [0.4, 0.5) is 11.4 Å². The Bertz CT molecular complexity index is 1070. The molecule has 1 heterocycles. The fourth-order valence-corrected chi connectivity index (χ4v) is 4.18. The van der Waals surface area contributed by atoms with E-state index in [1.165, 1.54) is 7.11 Å². The lowest BCUT2D eigenvalue weighted by atomic mass is 9.81. The average Bonchev–Trinajstić information content (AvgIpc) is 2.94.